The molecule has 0 radical (unpaired) electrons. The highest BCUT2D eigenvalue weighted by atomic mass is 35.5. The Kier molecular flexibility index (Phi) is 6.12. The number of hydrogen-bond acceptors (Lipinski definition) is 3. The third-order valence-electron chi connectivity index (χ3n) is 3.66. The van der Waals surface area contributed by atoms with Crippen LogP contribution in [0.2, 0.25) is 10.0 Å². The molecule has 0 aromatic heterocycles. The Balaban J connectivity index is 1.81. The largest absolute Gasteiger partial charge is 0.388 e. The minimum absolute atomic E-state index is 0.340. The summed E-state index contributed by atoms with van der Waals surface area (Å²) in [6.45, 7) is 2.58. The molecule has 0 amide bonds. The molecule has 20 heavy (non-hydrogen) atoms. The van der Waals surface area contributed by atoms with E-state index in [2.05, 4.69) is 4.90 Å². The maximum atomic E-state index is 10.2. The second-order valence-corrected chi connectivity index (χ2v) is 6.13. The van der Waals surface area contributed by atoms with Gasteiger partial charge in [0.1, 0.15) is 0 Å². The van der Waals surface area contributed by atoms with E-state index in [1.165, 1.54) is 0 Å². The average Bonchev–Trinajstić information content (AvgIpc) is 2.92. The molecule has 0 saturated carbocycles. The molecule has 1 fully saturated rings. The van der Waals surface area contributed by atoms with Gasteiger partial charge in [0.05, 0.1) is 22.3 Å². The Morgan fingerprint density at radius 3 is 2.95 bits per heavy atom. The van der Waals surface area contributed by atoms with Gasteiger partial charge in [0.25, 0.3) is 0 Å². The SMILES string of the molecule is CN(CCC(O)c1cccc(Cl)c1Cl)CC1CCCO1. The van der Waals surface area contributed by atoms with Crippen molar-refractivity contribution in [1.29, 1.82) is 0 Å². The normalized spacial score (nSPS) is 20.6. The van der Waals surface area contributed by atoms with E-state index < -0.39 is 6.10 Å². The molecule has 2 rings (SSSR count). The number of benzene rings is 1. The second-order valence-electron chi connectivity index (χ2n) is 5.34. The summed E-state index contributed by atoms with van der Waals surface area (Å²) in [7, 11) is 2.05. The van der Waals surface area contributed by atoms with Gasteiger partial charge in [-0.2, -0.15) is 0 Å². The van der Waals surface area contributed by atoms with Crippen molar-refractivity contribution < 1.29 is 9.84 Å². The van der Waals surface area contributed by atoms with Crippen molar-refractivity contribution >= 4 is 23.2 Å². The van der Waals surface area contributed by atoms with Gasteiger partial charge in [-0.25, -0.2) is 0 Å². The van der Waals surface area contributed by atoms with Crippen LogP contribution in [0.25, 0.3) is 0 Å². The summed E-state index contributed by atoms with van der Waals surface area (Å²) in [4.78, 5) is 2.19. The molecule has 112 valence electrons. The van der Waals surface area contributed by atoms with E-state index in [-0.39, 0.29) is 0 Å². The summed E-state index contributed by atoms with van der Waals surface area (Å²) < 4.78 is 5.61. The van der Waals surface area contributed by atoms with Crippen LogP contribution in [0.15, 0.2) is 18.2 Å². The molecule has 1 aliphatic rings. The lowest BCUT2D eigenvalue weighted by Crippen LogP contribution is -2.30. The van der Waals surface area contributed by atoms with Crippen LogP contribution >= 0.6 is 23.2 Å². The molecular formula is C15H21Cl2NO2. The van der Waals surface area contributed by atoms with E-state index in [4.69, 9.17) is 27.9 Å². The maximum absolute atomic E-state index is 10.2. The lowest BCUT2D eigenvalue weighted by atomic mass is 10.1. The number of likely N-dealkylation sites (N-methyl/N-ethyl adjacent to an activating group) is 1. The van der Waals surface area contributed by atoms with Crippen molar-refractivity contribution in [3.05, 3.63) is 33.8 Å². The summed E-state index contributed by atoms with van der Waals surface area (Å²) in [5, 5.41) is 11.2. The third kappa shape index (κ3) is 4.34. The van der Waals surface area contributed by atoms with Gasteiger partial charge in [0.2, 0.25) is 0 Å². The Bertz CT molecular complexity index is 436. The lowest BCUT2D eigenvalue weighted by Gasteiger charge is -2.22. The van der Waals surface area contributed by atoms with Crippen molar-refractivity contribution in [3.63, 3.8) is 0 Å². The monoisotopic (exact) mass is 317 g/mol. The van der Waals surface area contributed by atoms with Crippen LogP contribution in [0.4, 0.5) is 0 Å². The molecule has 1 aromatic rings. The fourth-order valence-electron chi connectivity index (χ4n) is 2.50. The minimum atomic E-state index is -0.590. The molecule has 3 nitrogen and oxygen atoms in total. The van der Waals surface area contributed by atoms with Gasteiger partial charge in [-0.05, 0) is 32.4 Å². The number of aliphatic hydroxyl groups is 1. The first-order valence-electron chi connectivity index (χ1n) is 7.00. The standard InChI is InChI=1S/C15H21Cl2NO2/c1-18(10-11-4-3-9-20-11)8-7-14(19)12-5-2-6-13(16)15(12)17/h2,5-6,11,14,19H,3-4,7-10H2,1H3. The van der Waals surface area contributed by atoms with Crippen molar-refractivity contribution in [3.8, 4) is 0 Å². The fourth-order valence-corrected chi connectivity index (χ4v) is 2.94. The first kappa shape index (κ1) is 16.1. The van der Waals surface area contributed by atoms with Gasteiger partial charge in [0.15, 0.2) is 0 Å². The molecule has 1 aromatic carbocycles. The summed E-state index contributed by atoms with van der Waals surface area (Å²) in [6, 6.07) is 5.35. The zero-order chi connectivity index (χ0) is 14.5. The van der Waals surface area contributed by atoms with Crippen molar-refractivity contribution in [2.45, 2.75) is 31.5 Å². The maximum Gasteiger partial charge on any atom is 0.0817 e. The predicted octanol–water partition coefficient (Wildman–Crippen LogP) is 3.53. The molecule has 1 saturated heterocycles. The summed E-state index contributed by atoms with van der Waals surface area (Å²) in [6.07, 6.45) is 2.66. The van der Waals surface area contributed by atoms with E-state index in [0.717, 1.165) is 32.5 Å². The Hall–Kier alpha value is -0.320. The number of aliphatic hydroxyl groups excluding tert-OH is 1. The number of hydrogen-bond donors (Lipinski definition) is 1. The van der Waals surface area contributed by atoms with Gasteiger partial charge >= 0.3 is 0 Å². The average molecular weight is 318 g/mol. The summed E-state index contributed by atoms with van der Waals surface area (Å²) in [5.41, 5.74) is 0.699. The molecule has 2 unspecified atom stereocenters. The van der Waals surface area contributed by atoms with Crippen LogP contribution in [-0.2, 0) is 4.74 Å². The van der Waals surface area contributed by atoms with Crippen LogP contribution in [0.3, 0.4) is 0 Å². The van der Waals surface area contributed by atoms with Gasteiger partial charge in [-0.1, -0.05) is 35.3 Å². The van der Waals surface area contributed by atoms with Gasteiger partial charge in [-0.15, -0.1) is 0 Å². The van der Waals surface area contributed by atoms with Crippen LogP contribution in [-0.4, -0.2) is 42.9 Å². The Morgan fingerprint density at radius 2 is 2.25 bits per heavy atom. The van der Waals surface area contributed by atoms with Crippen molar-refractivity contribution in [2.24, 2.45) is 0 Å². The number of halogens is 2. The first-order valence-corrected chi connectivity index (χ1v) is 7.75. The van der Waals surface area contributed by atoms with E-state index in [1.807, 2.05) is 19.2 Å². The second kappa shape index (κ2) is 7.62. The van der Waals surface area contributed by atoms with Crippen LogP contribution in [0, 0.1) is 0 Å². The van der Waals surface area contributed by atoms with Gasteiger partial charge in [-0.3, -0.25) is 0 Å². The van der Waals surface area contributed by atoms with Crippen LogP contribution in [0.5, 0.6) is 0 Å². The van der Waals surface area contributed by atoms with Crippen molar-refractivity contribution in [1.82, 2.24) is 4.90 Å². The number of rotatable bonds is 6. The zero-order valence-corrected chi connectivity index (χ0v) is 13.2. The summed E-state index contributed by atoms with van der Waals surface area (Å²) >= 11 is 12.1. The van der Waals surface area contributed by atoms with Gasteiger partial charge < -0.3 is 14.7 Å². The minimum Gasteiger partial charge on any atom is -0.388 e. The molecule has 1 aliphatic heterocycles. The molecule has 1 N–H and O–H groups in total. The highest BCUT2D eigenvalue weighted by Crippen LogP contribution is 2.31. The van der Waals surface area contributed by atoms with Crippen LogP contribution < -0.4 is 0 Å². The Morgan fingerprint density at radius 1 is 1.45 bits per heavy atom. The van der Waals surface area contributed by atoms with E-state index in [9.17, 15) is 5.11 Å². The molecule has 0 aliphatic carbocycles. The topological polar surface area (TPSA) is 32.7 Å². The summed E-state index contributed by atoms with van der Waals surface area (Å²) in [5.74, 6) is 0. The van der Waals surface area contributed by atoms with Gasteiger partial charge in [0, 0.05) is 25.3 Å². The fraction of sp³-hybridized carbons (Fsp3) is 0.600. The molecular weight excluding hydrogens is 297 g/mol. The lowest BCUT2D eigenvalue weighted by molar-refractivity contribution is 0.0740. The quantitative estimate of drug-likeness (QED) is 0.871. The predicted molar refractivity (Wildman–Crippen MR) is 82.5 cm³/mol. The number of nitrogens with zero attached hydrogens (tertiary/aromatic N) is 1. The van der Waals surface area contributed by atoms with Crippen LogP contribution in [0.1, 0.15) is 30.9 Å². The first-order chi connectivity index (χ1) is 9.58. The van der Waals surface area contributed by atoms with E-state index in [1.54, 1.807) is 6.07 Å². The zero-order valence-electron chi connectivity index (χ0n) is 11.7. The Labute approximate surface area is 130 Å². The van der Waals surface area contributed by atoms with Crippen molar-refractivity contribution in [2.75, 3.05) is 26.7 Å². The third-order valence-corrected chi connectivity index (χ3v) is 4.50. The molecule has 5 heteroatoms. The highest BCUT2D eigenvalue weighted by Gasteiger charge is 2.19. The smallest absolute Gasteiger partial charge is 0.0817 e. The number of ether oxygens (including phenoxy) is 1. The highest BCUT2D eigenvalue weighted by molar-refractivity contribution is 6.42. The molecule has 2 atom stereocenters. The molecule has 1 heterocycles. The van der Waals surface area contributed by atoms with E-state index in [0.29, 0.717) is 28.1 Å². The van der Waals surface area contributed by atoms with E-state index >= 15 is 0 Å². The molecule has 0 spiro atoms. The molecule has 0 bridgehead atoms.